The normalized spacial score (nSPS) is 11.6. The van der Waals surface area contributed by atoms with Crippen LogP contribution in [0, 0.1) is 13.8 Å². The van der Waals surface area contributed by atoms with Crippen LogP contribution < -0.4 is 14.8 Å². The van der Waals surface area contributed by atoms with E-state index in [4.69, 9.17) is 21.1 Å². The molecule has 0 aliphatic carbocycles. The van der Waals surface area contributed by atoms with E-state index >= 15 is 0 Å². The molecule has 0 bridgehead atoms. The van der Waals surface area contributed by atoms with Crippen molar-refractivity contribution in [1.82, 2.24) is 5.32 Å². The summed E-state index contributed by atoms with van der Waals surface area (Å²) in [6.07, 6.45) is 0. The molecule has 3 aromatic carbocycles. The average molecular weight is 438 g/mol. The molecule has 3 rings (SSSR count). The summed E-state index contributed by atoms with van der Waals surface area (Å²) in [6, 6.07) is 18.7. The predicted molar refractivity (Wildman–Crippen MR) is 125 cm³/mol. The summed E-state index contributed by atoms with van der Waals surface area (Å²) in [5, 5.41) is 3.70. The molecule has 0 aliphatic rings. The first kappa shape index (κ1) is 22.7. The molecular formula is C26H28ClNO3. The number of carbonyl (C=O) groups is 1. The molecule has 0 spiro atoms. The van der Waals surface area contributed by atoms with E-state index in [1.54, 1.807) is 6.07 Å². The van der Waals surface area contributed by atoms with Crippen LogP contribution in [0.4, 0.5) is 0 Å². The van der Waals surface area contributed by atoms with Gasteiger partial charge in [-0.2, -0.15) is 0 Å². The van der Waals surface area contributed by atoms with Gasteiger partial charge in [-0.15, -0.1) is 0 Å². The number of aryl methyl sites for hydroxylation is 2. The number of carbonyl (C=O) groups excluding carboxylic acids is 1. The van der Waals surface area contributed by atoms with E-state index in [9.17, 15) is 4.79 Å². The first-order valence-electron chi connectivity index (χ1n) is 10.4. The minimum Gasteiger partial charge on any atom is -0.493 e. The lowest BCUT2D eigenvalue weighted by atomic mass is 10.1. The van der Waals surface area contributed by atoms with Gasteiger partial charge in [0, 0.05) is 16.1 Å². The third kappa shape index (κ3) is 6.02. The molecule has 31 heavy (non-hydrogen) atoms. The summed E-state index contributed by atoms with van der Waals surface area (Å²) in [6.45, 7) is 8.85. The van der Waals surface area contributed by atoms with Crippen molar-refractivity contribution >= 4 is 17.5 Å². The van der Waals surface area contributed by atoms with E-state index < -0.39 is 0 Å². The van der Waals surface area contributed by atoms with Gasteiger partial charge in [0.15, 0.2) is 0 Å². The summed E-state index contributed by atoms with van der Waals surface area (Å²) in [5.74, 6) is 1.35. The number of nitrogens with one attached hydrogen (secondary N) is 1. The van der Waals surface area contributed by atoms with Crippen molar-refractivity contribution in [2.24, 2.45) is 0 Å². The zero-order valence-corrected chi connectivity index (χ0v) is 19.1. The van der Waals surface area contributed by atoms with Crippen LogP contribution >= 0.6 is 11.6 Å². The van der Waals surface area contributed by atoms with Crippen LogP contribution in [0.15, 0.2) is 60.7 Å². The van der Waals surface area contributed by atoms with Gasteiger partial charge < -0.3 is 14.8 Å². The largest absolute Gasteiger partial charge is 0.493 e. The van der Waals surface area contributed by atoms with Gasteiger partial charge in [-0.05, 0) is 86.8 Å². The Morgan fingerprint density at radius 2 is 1.71 bits per heavy atom. The highest BCUT2D eigenvalue weighted by Crippen LogP contribution is 2.24. The fourth-order valence-corrected chi connectivity index (χ4v) is 3.34. The highest BCUT2D eigenvalue weighted by Gasteiger charge is 2.15. The van der Waals surface area contributed by atoms with Crippen LogP contribution in [-0.4, -0.2) is 12.5 Å². The molecule has 0 aliphatic heterocycles. The van der Waals surface area contributed by atoms with E-state index in [1.807, 2.05) is 68.4 Å². The smallest absolute Gasteiger partial charge is 0.251 e. The van der Waals surface area contributed by atoms with Crippen LogP contribution in [0.1, 0.15) is 52.5 Å². The Kier molecular flexibility index (Phi) is 7.59. The molecule has 0 unspecified atom stereocenters. The Morgan fingerprint density at radius 3 is 2.39 bits per heavy atom. The topological polar surface area (TPSA) is 47.6 Å². The second-order valence-electron chi connectivity index (χ2n) is 7.54. The van der Waals surface area contributed by atoms with E-state index in [-0.39, 0.29) is 11.9 Å². The van der Waals surface area contributed by atoms with E-state index in [0.29, 0.717) is 29.5 Å². The Labute approximate surface area is 189 Å². The molecule has 0 heterocycles. The Balaban J connectivity index is 1.75. The van der Waals surface area contributed by atoms with Crippen molar-refractivity contribution in [2.75, 3.05) is 6.61 Å². The van der Waals surface area contributed by atoms with Crippen molar-refractivity contribution in [3.63, 3.8) is 0 Å². The lowest BCUT2D eigenvalue weighted by Gasteiger charge is -2.16. The molecule has 3 aromatic rings. The van der Waals surface area contributed by atoms with E-state index in [1.165, 1.54) is 11.1 Å². The van der Waals surface area contributed by atoms with Gasteiger partial charge in [-0.25, -0.2) is 0 Å². The van der Waals surface area contributed by atoms with Gasteiger partial charge in [0.25, 0.3) is 5.91 Å². The van der Waals surface area contributed by atoms with Crippen LogP contribution in [0.2, 0.25) is 5.02 Å². The number of ether oxygens (including phenoxy) is 2. The van der Waals surface area contributed by atoms with Gasteiger partial charge in [-0.3, -0.25) is 4.79 Å². The first-order valence-corrected chi connectivity index (χ1v) is 10.8. The number of amides is 1. The number of rotatable bonds is 8. The van der Waals surface area contributed by atoms with Crippen LogP contribution in [0.25, 0.3) is 0 Å². The van der Waals surface area contributed by atoms with Gasteiger partial charge in [0.05, 0.1) is 12.6 Å². The number of benzene rings is 3. The maximum absolute atomic E-state index is 12.9. The van der Waals surface area contributed by atoms with E-state index in [2.05, 4.69) is 19.2 Å². The third-order valence-electron chi connectivity index (χ3n) is 5.21. The Bertz CT molecular complexity index is 1050. The average Bonchev–Trinajstić information content (AvgIpc) is 2.76. The predicted octanol–water partition coefficient (Wildman–Crippen LogP) is 6.43. The lowest BCUT2D eigenvalue weighted by Crippen LogP contribution is -2.26. The lowest BCUT2D eigenvalue weighted by molar-refractivity contribution is 0.0939. The van der Waals surface area contributed by atoms with Gasteiger partial charge in [0.2, 0.25) is 0 Å². The molecular weight excluding hydrogens is 410 g/mol. The first-order chi connectivity index (χ1) is 14.9. The van der Waals surface area contributed by atoms with Crippen molar-refractivity contribution in [3.8, 4) is 11.5 Å². The molecule has 0 radical (unpaired) electrons. The summed E-state index contributed by atoms with van der Waals surface area (Å²) in [4.78, 5) is 12.9. The number of halogens is 1. The van der Waals surface area contributed by atoms with Crippen LogP contribution in [-0.2, 0) is 6.61 Å². The Morgan fingerprint density at radius 1 is 0.968 bits per heavy atom. The molecule has 0 fully saturated rings. The van der Waals surface area contributed by atoms with Crippen molar-refractivity contribution in [1.29, 1.82) is 0 Å². The molecule has 0 saturated carbocycles. The quantitative estimate of drug-likeness (QED) is 0.442. The minimum atomic E-state index is -0.155. The van der Waals surface area contributed by atoms with Crippen molar-refractivity contribution in [3.05, 3.63) is 93.5 Å². The summed E-state index contributed by atoms with van der Waals surface area (Å²) >= 11 is 5.96. The highest BCUT2D eigenvalue weighted by molar-refractivity contribution is 6.30. The second kappa shape index (κ2) is 10.4. The highest BCUT2D eigenvalue weighted by atomic mass is 35.5. The number of hydrogen-bond acceptors (Lipinski definition) is 3. The summed E-state index contributed by atoms with van der Waals surface area (Å²) < 4.78 is 11.7. The summed E-state index contributed by atoms with van der Waals surface area (Å²) in [7, 11) is 0. The molecule has 1 atom stereocenters. The monoisotopic (exact) mass is 437 g/mol. The maximum Gasteiger partial charge on any atom is 0.251 e. The SMILES string of the molecule is CCOc1ccc(C(=O)N[C@H](C)c2ccc(Cl)cc2)cc1COc1ccc(C)c(C)c1. The van der Waals surface area contributed by atoms with Crippen molar-refractivity contribution in [2.45, 2.75) is 40.3 Å². The molecule has 1 amide bonds. The Hall–Kier alpha value is -2.98. The second-order valence-corrected chi connectivity index (χ2v) is 7.97. The fourth-order valence-electron chi connectivity index (χ4n) is 3.21. The van der Waals surface area contributed by atoms with Gasteiger partial charge >= 0.3 is 0 Å². The van der Waals surface area contributed by atoms with Crippen LogP contribution in [0.3, 0.4) is 0 Å². The molecule has 162 valence electrons. The van der Waals surface area contributed by atoms with Crippen LogP contribution in [0.5, 0.6) is 11.5 Å². The van der Waals surface area contributed by atoms with Crippen molar-refractivity contribution < 1.29 is 14.3 Å². The third-order valence-corrected chi connectivity index (χ3v) is 5.46. The fraction of sp³-hybridized carbons (Fsp3) is 0.269. The standard InChI is InChI=1S/C26H28ClNO3/c1-5-30-25-13-9-21(26(29)28-19(4)20-7-10-23(27)11-8-20)15-22(25)16-31-24-12-6-17(2)18(3)14-24/h6-15,19H,5,16H2,1-4H3,(H,28,29)/t19-/m1/s1. The van der Waals surface area contributed by atoms with Gasteiger partial charge in [-0.1, -0.05) is 29.8 Å². The number of hydrogen-bond donors (Lipinski definition) is 1. The maximum atomic E-state index is 12.9. The zero-order chi connectivity index (χ0) is 22.4. The molecule has 0 saturated heterocycles. The molecule has 4 nitrogen and oxygen atoms in total. The zero-order valence-electron chi connectivity index (χ0n) is 18.4. The van der Waals surface area contributed by atoms with E-state index in [0.717, 1.165) is 16.9 Å². The molecule has 5 heteroatoms. The van der Waals surface area contributed by atoms with Gasteiger partial charge in [0.1, 0.15) is 18.1 Å². The molecule has 0 aromatic heterocycles. The molecule has 1 N–H and O–H groups in total. The minimum absolute atomic E-state index is 0.147. The summed E-state index contributed by atoms with van der Waals surface area (Å²) in [5.41, 5.74) is 4.76.